The average molecular weight is 639 g/mol. The highest BCUT2D eigenvalue weighted by molar-refractivity contribution is 7.47. The third kappa shape index (κ3) is 38.0. The zero-order chi connectivity index (χ0) is 31.4. The lowest BCUT2D eigenvalue weighted by Gasteiger charge is -2.12. The first-order chi connectivity index (χ1) is 21.1. The number of hydrogen-bond donors (Lipinski definition) is 1. The molecule has 8 nitrogen and oxygen atoms in total. The summed E-state index contributed by atoms with van der Waals surface area (Å²) in [5.41, 5.74) is 0. The quantitative estimate of drug-likeness (QED) is 0.0528. The Morgan fingerprint density at radius 1 is 0.349 bits per heavy atom. The molecule has 0 atom stereocenters. The molecule has 0 unspecified atom stereocenters. The minimum Gasteiger partial charge on any atom is -0.379 e. The molecule has 0 radical (unpaired) electrons. The fourth-order valence-corrected chi connectivity index (χ4v) is 5.53. The van der Waals surface area contributed by atoms with E-state index in [9.17, 15) is 9.46 Å². The van der Waals surface area contributed by atoms with Crippen LogP contribution < -0.4 is 0 Å². The number of unbranched alkanes of at least 4 members (excludes halogenated alkanes) is 20. The molecule has 0 heterocycles. The monoisotopic (exact) mass is 638 g/mol. The van der Waals surface area contributed by atoms with E-state index < -0.39 is 7.82 Å². The maximum Gasteiger partial charge on any atom is 0.472 e. The van der Waals surface area contributed by atoms with Crippen molar-refractivity contribution in [2.75, 3.05) is 66.1 Å². The van der Waals surface area contributed by atoms with Crippen molar-refractivity contribution < 1.29 is 37.5 Å². The molecule has 0 amide bonds. The van der Waals surface area contributed by atoms with Gasteiger partial charge in [0.2, 0.25) is 0 Å². The van der Waals surface area contributed by atoms with Gasteiger partial charge in [-0.1, -0.05) is 142 Å². The Balaban J connectivity index is 3.26. The highest BCUT2D eigenvalue weighted by Gasteiger charge is 2.20. The lowest BCUT2D eigenvalue weighted by atomic mass is 10.1. The van der Waals surface area contributed by atoms with Gasteiger partial charge in [0.15, 0.2) is 0 Å². The fourth-order valence-electron chi connectivity index (χ4n) is 4.84. The topological polar surface area (TPSA) is 92.7 Å². The Kier molecular flexibility index (Phi) is 36.4. The first-order valence-corrected chi connectivity index (χ1v) is 19.5. The summed E-state index contributed by atoms with van der Waals surface area (Å²) < 4.78 is 43.8. The van der Waals surface area contributed by atoms with Gasteiger partial charge in [0.1, 0.15) is 0 Å². The van der Waals surface area contributed by atoms with Crippen LogP contribution in [0.3, 0.4) is 0 Å². The fraction of sp³-hybridized carbons (Fsp3) is 1.00. The zero-order valence-electron chi connectivity index (χ0n) is 28.4. The van der Waals surface area contributed by atoms with E-state index in [-0.39, 0.29) is 26.4 Å². The van der Waals surface area contributed by atoms with Gasteiger partial charge in [0, 0.05) is 13.2 Å². The van der Waals surface area contributed by atoms with Gasteiger partial charge in [-0.3, -0.25) is 9.05 Å². The Labute approximate surface area is 266 Å². The molecular formula is C34H71O8P. The molecule has 0 saturated carbocycles. The van der Waals surface area contributed by atoms with E-state index in [4.69, 9.17) is 28.0 Å². The van der Waals surface area contributed by atoms with Crippen molar-refractivity contribution in [3.8, 4) is 0 Å². The molecular weight excluding hydrogens is 567 g/mol. The lowest BCUT2D eigenvalue weighted by Crippen LogP contribution is -2.11. The smallest absolute Gasteiger partial charge is 0.379 e. The van der Waals surface area contributed by atoms with E-state index in [1.807, 2.05) is 0 Å². The van der Waals surface area contributed by atoms with Crippen molar-refractivity contribution in [1.82, 2.24) is 0 Å². The summed E-state index contributed by atoms with van der Waals surface area (Å²) in [7, 11) is -4.10. The van der Waals surface area contributed by atoms with Gasteiger partial charge in [0.25, 0.3) is 0 Å². The van der Waals surface area contributed by atoms with Crippen LogP contribution in [-0.4, -0.2) is 71.0 Å². The molecule has 260 valence electrons. The summed E-state index contributed by atoms with van der Waals surface area (Å²) in [4.78, 5) is 9.73. The van der Waals surface area contributed by atoms with Gasteiger partial charge >= 0.3 is 7.82 Å². The van der Waals surface area contributed by atoms with Crippen LogP contribution in [-0.2, 0) is 32.6 Å². The second-order valence-corrected chi connectivity index (χ2v) is 13.1. The van der Waals surface area contributed by atoms with E-state index >= 15 is 0 Å². The van der Waals surface area contributed by atoms with Crippen LogP contribution in [0.25, 0.3) is 0 Å². The SMILES string of the molecule is CCCCCCCCCCCCCOCCOCCOP(=O)(O)OCCOCCOCCCCCCCCCCCCC. The van der Waals surface area contributed by atoms with Crippen molar-refractivity contribution in [1.29, 1.82) is 0 Å². The van der Waals surface area contributed by atoms with Crippen molar-refractivity contribution in [2.24, 2.45) is 0 Å². The summed E-state index contributed by atoms with van der Waals surface area (Å²) >= 11 is 0. The first kappa shape index (κ1) is 43.0. The van der Waals surface area contributed by atoms with Crippen LogP contribution in [0.1, 0.15) is 155 Å². The van der Waals surface area contributed by atoms with Crippen LogP contribution in [0.15, 0.2) is 0 Å². The van der Waals surface area contributed by atoms with Gasteiger partial charge in [0.05, 0.1) is 52.9 Å². The maximum atomic E-state index is 11.9. The number of rotatable bonds is 38. The van der Waals surface area contributed by atoms with Gasteiger partial charge in [-0.2, -0.15) is 0 Å². The molecule has 0 fully saturated rings. The summed E-state index contributed by atoms with van der Waals surface area (Å²) in [6, 6.07) is 0. The molecule has 0 aromatic rings. The Hall–Kier alpha value is -0.0500. The molecule has 0 aliphatic rings. The van der Waals surface area contributed by atoms with Gasteiger partial charge in [-0.05, 0) is 12.8 Å². The van der Waals surface area contributed by atoms with E-state index in [0.717, 1.165) is 26.1 Å². The third-order valence-electron chi connectivity index (χ3n) is 7.49. The minimum absolute atomic E-state index is 0.0138. The molecule has 0 aliphatic heterocycles. The molecule has 0 aromatic carbocycles. The van der Waals surface area contributed by atoms with Gasteiger partial charge < -0.3 is 23.8 Å². The second-order valence-electron chi connectivity index (χ2n) is 11.7. The third-order valence-corrected chi connectivity index (χ3v) is 8.51. The average Bonchev–Trinajstić information content (AvgIpc) is 3.00. The molecule has 1 N–H and O–H groups in total. The van der Waals surface area contributed by atoms with E-state index in [2.05, 4.69) is 13.8 Å². The number of hydrogen-bond acceptors (Lipinski definition) is 7. The van der Waals surface area contributed by atoms with Crippen LogP contribution in [0.4, 0.5) is 0 Å². The summed E-state index contributed by atoms with van der Waals surface area (Å²) in [5.74, 6) is 0. The number of phosphoric acid groups is 1. The lowest BCUT2D eigenvalue weighted by molar-refractivity contribution is 0.0193. The molecule has 0 spiro atoms. The largest absolute Gasteiger partial charge is 0.472 e. The van der Waals surface area contributed by atoms with Gasteiger partial charge in [-0.15, -0.1) is 0 Å². The molecule has 0 bridgehead atoms. The van der Waals surface area contributed by atoms with Crippen molar-refractivity contribution in [3.05, 3.63) is 0 Å². The molecule has 43 heavy (non-hydrogen) atoms. The molecule has 0 aromatic heterocycles. The van der Waals surface area contributed by atoms with Crippen LogP contribution in [0.2, 0.25) is 0 Å². The Bertz CT molecular complexity index is 523. The predicted octanol–water partition coefficient (Wildman–Crippen LogP) is 9.81. The minimum atomic E-state index is -4.10. The van der Waals surface area contributed by atoms with Crippen molar-refractivity contribution >= 4 is 7.82 Å². The predicted molar refractivity (Wildman–Crippen MR) is 178 cm³/mol. The van der Waals surface area contributed by atoms with Crippen LogP contribution >= 0.6 is 7.82 Å². The molecule has 0 aliphatic carbocycles. The normalized spacial score (nSPS) is 12.0. The van der Waals surface area contributed by atoms with E-state index in [0.29, 0.717) is 26.4 Å². The number of phosphoric ester groups is 1. The summed E-state index contributed by atoms with van der Waals surface area (Å²) in [6.07, 6.45) is 29.1. The van der Waals surface area contributed by atoms with Gasteiger partial charge in [-0.25, -0.2) is 4.57 Å². The Morgan fingerprint density at radius 3 is 0.884 bits per heavy atom. The molecule has 0 saturated heterocycles. The highest BCUT2D eigenvalue weighted by Crippen LogP contribution is 2.42. The summed E-state index contributed by atoms with van der Waals surface area (Å²) in [5, 5.41) is 0. The van der Waals surface area contributed by atoms with Crippen LogP contribution in [0.5, 0.6) is 0 Å². The highest BCUT2D eigenvalue weighted by atomic mass is 31.2. The molecule has 9 heteroatoms. The summed E-state index contributed by atoms with van der Waals surface area (Å²) in [6.45, 7) is 8.34. The Morgan fingerprint density at radius 2 is 0.581 bits per heavy atom. The second kappa shape index (κ2) is 36.4. The first-order valence-electron chi connectivity index (χ1n) is 18.0. The number of ether oxygens (including phenoxy) is 4. The standard InChI is InChI=1S/C34H71O8P/c1-3-5-7-9-11-13-15-17-19-21-23-25-37-27-29-39-31-33-41-43(35,36)42-34-32-40-30-28-38-26-24-22-20-18-16-14-12-10-8-6-4-2/h3-34H2,1-2H3,(H,35,36). The van der Waals surface area contributed by atoms with E-state index in [1.54, 1.807) is 0 Å². The maximum absolute atomic E-state index is 11.9. The molecule has 0 rings (SSSR count). The van der Waals surface area contributed by atoms with Crippen LogP contribution in [0, 0.1) is 0 Å². The van der Waals surface area contributed by atoms with E-state index in [1.165, 1.54) is 128 Å². The van der Waals surface area contributed by atoms with Crippen molar-refractivity contribution in [3.63, 3.8) is 0 Å². The van der Waals surface area contributed by atoms with Crippen molar-refractivity contribution in [2.45, 2.75) is 155 Å². The zero-order valence-corrected chi connectivity index (χ0v) is 29.3.